The molecule has 2 heterocycles. The first-order chi connectivity index (χ1) is 12.8. The first-order valence-electron chi connectivity index (χ1n) is 9.33. The summed E-state index contributed by atoms with van der Waals surface area (Å²) in [5.41, 5.74) is -0.110. The number of unbranched alkanes of at least 4 members (excludes halogenated alkanes) is 1. The molecule has 1 amide bonds. The summed E-state index contributed by atoms with van der Waals surface area (Å²) in [5, 5.41) is 1.17. The van der Waals surface area contributed by atoms with Crippen LogP contribution in [-0.2, 0) is 29.1 Å². The maximum Gasteiger partial charge on any atom is 0.330 e. The van der Waals surface area contributed by atoms with Gasteiger partial charge in [-0.1, -0.05) is 27.2 Å². The molecule has 0 saturated heterocycles. The molecule has 9 heteroatoms. The molecule has 0 aliphatic carbocycles. The maximum absolute atomic E-state index is 12.5. The summed E-state index contributed by atoms with van der Waals surface area (Å²) in [6.45, 7) is 7.19. The smallest absolute Gasteiger partial charge is 0.322 e. The highest BCUT2D eigenvalue weighted by atomic mass is 16.7. The van der Waals surface area contributed by atoms with Gasteiger partial charge in [0, 0.05) is 33.0 Å². The number of aromatic nitrogens is 4. The van der Waals surface area contributed by atoms with E-state index in [0.717, 1.165) is 12.8 Å². The molecule has 1 N–H and O–H groups in total. The Kier molecular flexibility index (Phi) is 6.95. The van der Waals surface area contributed by atoms with Crippen molar-refractivity contribution in [3.8, 4) is 0 Å². The van der Waals surface area contributed by atoms with E-state index in [0.29, 0.717) is 36.5 Å². The number of H-pyrrole nitrogens is 1. The summed E-state index contributed by atoms with van der Waals surface area (Å²) < 4.78 is 3.35. The first kappa shape index (κ1) is 20.9. The topological polar surface area (TPSA) is 102 Å². The zero-order valence-corrected chi connectivity index (χ0v) is 16.7. The van der Waals surface area contributed by atoms with Crippen molar-refractivity contribution in [2.24, 2.45) is 5.92 Å². The van der Waals surface area contributed by atoms with Gasteiger partial charge in [0.15, 0.2) is 11.2 Å². The lowest BCUT2D eigenvalue weighted by atomic mass is 10.2. The molecule has 9 nitrogen and oxygen atoms in total. The zero-order chi connectivity index (χ0) is 20.1. The number of aromatic amines is 1. The van der Waals surface area contributed by atoms with Crippen LogP contribution in [-0.4, -0.2) is 44.2 Å². The molecular weight excluding hydrogens is 350 g/mol. The third-order valence-electron chi connectivity index (χ3n) is 4.44. The number of aryl methyl sites for hydroxylation is 2. The van der Waals surface area contributed by atoms with E-state index in [1.165, 1.54) is 16.7 Å². The van der Waals surface area contributed by atoms with E-state index in [1.807, 2.05) is 25.3 Å². The number of hydrogen-bond acceptors (Lipinski definition) is 5. The Labute approximate surface area is 157 Å². The van der Waals surface area contributed by atoms with Crippen molar-refractivity contribution >= 4 is 17.1 Å². The number of imidazole rings is 1. The van der Waals surface area contributed by atoms with Crippen LogP contribution in [0.2, 0.25) is 0 Å². The van der Waals surface area contributed by atoms with Crippen LogP contribution < -0.4 is 11.2 Å². The monoisotopic (exact) mass is 379 g/mol. The van der Waals surface area contributed by atoms with Crippen LogP contribution in [0.4, 0.5) is 0 Å². The van der Waals surface area contributed by atoms with Crippen molar-refractivity contribution in [3.63, 3.8) is 0 Å². The number of hydroxylamine groups is 2. The van der Waals surface area contributed by atoms with E-state index in [-0.39, 0.29) is 18.2 Å². The molecule has 2 aromatic rings. The van der Waals surface area contributed by atoms with Gasteiger partial charge in [-0.15, -0.1) is 0 Å². The first-order valence-corrected chi connectivity index (χ1v) is 9.33. The number of nitrogens with zero attached hydrogens (tertiary/aromatic N) is 4. The standard InChI is InChI=1S/C18H29N5O4/c1-6-7-10-22-16-15(17(25)20-18(22)26)23(11-12(2)3)13(19-16)8-9-14(24)21(4)27-5/h12H,6-11H2,1-5H3,(H,20,25,26). The van der Waals surface area contributed by atoms with Crippen molar-refractivity contribution in [1.82, 2.24) is 24.2 Å². The second-order valence-corrected chi connectivity index (χ2v) is 7.04. The number of hydrogen-bond donors (Lipinski definition) is 1. The minimum absolute atomic E-state index is 0.182. The van der Waals surface area contributed by atoms with E-state index in [2.05, 4.69) is 9.97 Å². The maximum atomic E-state index is 12.5. The van der Waals surface area contributed by atoms with Crippen molar-refractivity contribution < 1.29 is 9.63 Å². The molecule has 0 saturated carbocycles. The highest BCUT2D eigenvalue weighted by molar-refractivity contribution is 5.75. The molecule has 0 bridgehead atoms. The SMILES string of the molecule is CCCCn1c(=O)[nH]c(=O)c2c1nc(CCC(=O)N(C)OC)n2CC(C)C. The van der Waals surface area contributed by atoms with E-state index >= 15 is 0 Å². The lowest BCUT2D eigenvalue weighted by Crippen LogP contribution is -2.31. The van der Waals surface area contributed by atoms with Crippen LogP contribution in [0.1, 0.15) is 45.9 Å². The van der Waals surface area contributed by atoms with Crippen molar-refractivity contribution in [3.05, 3.63) is 26.7 Å². The average Bonchev–Trinajstić information content (AvgIpc) is 2.96. The third kappa shape index (κ3) is 4.65. The lowest BCUT2D eigenvalue weighted by Gasteiger charge is -2.14. The fourth-order valence-electron chi connectivity index (χ4n) is 2.97. The molecule has 2 aromatic heterocycles. The molecule has 0 atom stereocenters. The van der Waals surface area contributed by atoms with Gasteiger partial charge in [-0.05, 0) is 12.3 Å². The Morgan fingerprint density at radius 3 is 2.59 bits per heavy atom. The molecule has 0 radical (unpaired) electrons. The Morgan fingerprint density at radius 1 is 1.30 bits per heavy atom. The van der Waals surface area contributed by atoms with Gasteiger partial charge < -0.3 is 4.57 Å². The minimum Gasteiger partial charge on any atom is -0.322 e. The quantitative estimate of drug-likeness (QED) is 0.662. The van der Waals surface area contributed by atoms with Gasteiger partial charge in [-0.3, -0.25) is 24.0 Å². The molecular formula is C18H29N5O4. The molecule has 0 unspecified atom stereocenters. The summed E-state index contributed by atoms with van der Waals surface area (Å²) in [5.74, 6) is 0.713. The molecule has 2 rings (SSSR count). The summed E-state index contributed by atoms with van der Waals surface area (Å²) in [6.07, 6.45) is 2.28. The Bertz CT molecular complexity index is 909. The largest absolute Gasteiger partial charge is 0.330 e. The van der Waals surface area contributed by atoms with Crippen LogP contribution >= 0.6 is 0 Å². The molecule has 0 spiro atoms. The van der Waals surface area contributed by atoms with E-state index in [1.54, 1.807) is 7.05 Å². The van der Waals surface area contributed by atoms with Crippen LogP contribution in [0.5, 0.6) is 0 Å². The average molecular weight is 379 g/mol. The van der Waals surface area contributed by atoms with Gasteiger partial charge in [0.25, 0.3) is 5.56 Å². The van der Waals surface area contributed by atoms with Crippen LogP contribution in [0, 0.1) is 5.92 Å². The van der Waals surface area contributed by atoms with Crippen LogP contribution in [0.25, 0.3) is 11.2 Å². The van der Waals surface area contributed by atoms with Crippen LogP contribution in [0.15, 0.2) is 9.59 Å². The number of carbonyl (C=O) groups excluding carboxylic acids is 1. The van der Waals surface area contributed by atoms with Crippen molar-refractivity contribution in [2.45, 2.75) is 59.5 Å². The number of fused-ring (bicyclic) bond motifs is 1. The third-order valence-corrected chi connectivity index (χ3v) is 4.44. The Morgan fingerprint density at radius 2 is 2.00 bits per heavy atom. The summed E-state index contributed by atoms with van der Waals surface area (Å²) >= 11 is 0. The summed E-state index contributed by atoms with van der Waals surface area (Å²) in [6, 6.07) is 0. The minimum atomic E-state index is -0.447. The lowest BCUT2D eigenvalue weighted by molar-refractivity contribution is -0.168. The second kappa shape index (κ2) is 8.98. The molecule has 0 aliphatic heterocycles. The van der Waals surface area contributed by atoms with Gasteiger partial charge in [0.05, 0.1) is 7.11 Å². The number of nitrogens with one attached hydrogen (secondary N) is 1. The molecule has 0 fully saturated rings. The van der Waals surface area contributed by atoms with Gasteiger partial charge in [0.2, 0.25) is 5.91 Å². The number of amides is 1. The summed E-state index contributed by atoms with van der Waals surface area (Å²) in [4.78, 5) is 48.8. The van der Waals surface area contributed by atoms with Crippen LogP contribution in [0.3, 0.4) is 0 Å². The van der Waals surface area contributed by atoms with Gasteiger partial charge in [0.1, 0.15) is 5.82 Å². The highest BCUT2D eigenvalue weighted by Gasteiger charge is 2.20. The van der Waals surface area contributed by atoms with E-state index in [9.17, 15) is 14.4 Å². The molecule has 27 heavy (non-hydrogen) atoms. The molecule has 0 aliphatic rings. The zero-order valence-electron chi connectivity index (χ0n) is 16.7. The van der Waals surface area contributed by atoms with Gasteiger partial charge in [-0.25, -0.2) is 14.8 Å². The number of rotatable bonds is 9. The fourth-order valence-corrected chi connectivity index (χ4v) is 2.97. The van der Waals surface area contributed by atoms with Gasteiger partial charge in [-0.2, -0.15) is 0 Å². The predicted octanol–water partition coefficient (Wildman–Crippen LogP) is 1.29. The van der Waals surface area contributed by atoms with E-state index in [4.69, 9.17) is 4.84 Å². The number of carbonyl (C=O) groups is 1. The Balaban J connectivity index is 2.55. The summed E-state index contributed by atoms with van der Waals surface area (Å²) in [7, 11) is 2.98. The Hall–Kier alpha value is -2.42. The predicted molar refractivity (Wildman–Crippen MR) is 102 cm³/mol. The molecule has 150 valence electrons. The van der Waals surface area contributed by atoms with Crippen molar-refractivity contribution in [2.75, 3.05) is 14.2 Å². The molecule has 0 aromatic carbocycles. The van der Waals surface area contributed by atoms with E-state index < -0.39 is 11.2 Å². The highest BCUT2D eigenvalue weighted by Crippen LogP contribution is 2.16. The van der Waals surface area contributed by atoms with Gasteiger partial charge >= 0.3 is 5.69 Å². The second-order valence-electron chi connectivity index (χ2n) is 7.04. The normalized spacial score (nSPS) is 11.5. The fraction of sp³-hybridized carbons (Fsp3) is 0.667. The van der Waals surface area contributed by atoms with Crippen molar-refractivity contribution in [1.29, 1.82) is 0 Å².